The summed E-state index contributed by atoms with van der Waals surface area (Å²) in [5, 5.41) is 2.81. The number of rotatable bonds is 8. The Hall–Kier alpha value is -2.91. The van der Waals surface area contributed by atoms with Gasteiger partial charge in [-0.1, -0.05) is 72.8 Å². The molecule has 0 bridgehead atoms. The lowest BCUT2D eigenvalue weighted by atomic mass is 10.1. The Bertz CT molecular complexity index is 788. The van der Waals surface area contributed by atoms with Crippen LogP contribution in [0, 0.1) is 0 Å². The number of nitrogens with zero attached hydrogens (tertiary/aromatic N) is 1. The Kier molecular flexibility index (Phi) is 6.78. The van der Waals surface area contributed by atoms with Gasteiger partial charge in [0.15, 0.2) is 0 Å². The van der Waals surface area contributed by atoms with Gasteiger partial charge in [-0.25, -0.2) is 0 Å². The van der Waals surface area contributed by atoms with Crippen LogP contribution in [-0.2, 0) is 24.3 Å². The van der Waals surface area contributed by atoms with Gasteiger partial charge in [0.2, 0.25) is 5.91 Å². The van der Waals surface area contributed by atoms with Gasteiger partial charge in [-0.2, -0.15) is 0 Å². The summed E-state index contributed by atoms with van der Waals surface area (Å²) in [6.07, 6.45) is 0.972. The van der Waals surface area contributed by atoms with Crippen LogP contribution in [0.1, 0.15) is 23.6 Å². The molecule has 27 heavy (non-hydrogen) atoms. The fourth-order valence-electron chi connectivity index (χ4n) is 3.14. The minimum Gasteiger partial charge on any atom is -0.326 e. The van der Waals surface area contributed by atoms with Crippen LogP contribution in [0.15, 0.2) is 84.9 Å². The lowest BCUT2D eigenvalue weighted by Crippen LogP contribution is -2.25. The van der Waals surface area contributed by atoms with Crippen LogP contribution in [0.4, 0.5) is 5.69 Å². The molecule has 3 aromatic rings. The molecule has 3 heteroatoms. The first-order valence-electron chi connectivity index (χ1n) is 9.36. The Labute approximate surface area is 161 Å². The van der Waals surface area contributed by atoms with Crippen LogP contribution in [-0.4, -0.2) is 17.4 Å². The van der Waals surface area contributed by atoms with E-state index < -0.39 is 0 Å². The number of anilines is 1. The van der Waals surface area contributed by atoms with Crippen molar-refractivity contribution in [2.24, 2.45) is 0 Å². The molecule has 0 atom stereocenters. The SMILES string of the molecule is CC(=O)Nc1ccc(CCN(Cc2ccccc2)Cc2ccccc2)cc1. The molecule has 1 N–H and O–H groups in total. The highest BCUT2D eigenvalue weighted by molar-refractivity contribution is 5.88. The quantitative estimate of drug-likeness (QED) is 0.622. The van der Waals surface area contributed by atoms with Crippen molar-refractivity contribution >= 4 is 11.6 Å². The molecule has 0 unspecified atom stereocenters. The maximum Gasteiger partial charge on any atom is 0.221 e. The highest BCUT2D eigenvalue weighted by atomic mass is 16.1. The summed E-state index contributed by atoms with van der Waals surface area (Å²) in [4.78, 5) is 13.6. The summed E-state index contributed by atoms with van der Waals surface area (Å²) in [6.45, 7) is 4.36. The predicted octanol–water partition coefficient (Wildman–Crippen LogP) is 4.89. The van der Waals surface area contributed by atoms with Crippen molar-refractivity contribution < 1.29 is 4.79 Å². The molecule has 0 aromatic heterocycles. The smallest absolute Gasteiger partial charge is 0.221 e. The Morgan fingerprint density at radius 1 is 0.741 bits per heavy atom. The van der Waals surface area contributed by atoms with Gasteiger partial charge in [0.05, 0.1) is 0 Å². The number of hydrogen-bond donors (Lipinski definition) is 1. The average Bonchev–Trinajstić information content (AvgIpc) is 2.68. The Morgan fingerprint density at radius 2 is 1.26 bits per heavy atom. The van der Waals surface area contributed by atoms with Crippen molar-refractivity contribution in [3.63, 3.8) is 0 Å². The number of hydrogen-bond acceptors (Lipinski definition) is 2. The van der Waals surface area contributed by atoms with Gasteiger partial charge < -0.3 is 5.32 Å². The van der Waals surface area contributed by atoms with Crippen LogP contribution in [0.3, 0.4) is 0 Å². The molecule has 0 heterocycles. The van der Waals surface area contributed by atoms with Gasteiger partial charge in [-0.3, -0.25) is 9.69 Å². The molecule has 0 saturated heterocycles. The Morgan fingerprint density at radius 3 is 1.74 bits per heavy atom. The largest absolute Gasteiger partial charge is 0.326 e. The van der Waals surface area contributed by atoms with Gasteiger partial charge in [-0.05, 0) is 35.2 Å². The van der Waals surface area contributed by atoms with E-state index in [-0.39, 0.29) is 5.91 Å². The second-order valence-corrected chi connectivity index (χ2v) is 6.81. The van der Waals surface area contributed by atoms with Crippen LogP contribution in [0.25, 0.3) is 0 Å². The molecule has 0 aliphatic heterocycles. The Balaban J connectivity index is 1.64. The number of benzene rings is 3. The standard InChI is InChI=1S/C24H26N2O/c1-20(27)25-24-14-12-21(13-15-24)16-17-26(18-22-8-4-2-5-9-22)19-23-10-6-3-7-11-23/h2-15H,16-19H2,1H3,(H,25,27). The van der Waals surface area contributed by atoms with E-state index in [4.69, 9.17) is 0 Å². The normalized spacial score (nSPS) is 10.7. The first-order chi connectivity index (χ1) is 13.2. The van der Waals surface area contributed by atoms with Crippen molar-refractivity contribution in [2.75, 3.05) is 11.9 Å². The van der Waals surface area contributed by atoms with E-state index in [0.717, 1.165) is 31.7 Å². The zero-order valence-electron chi connectivity index (χ0n) is 15.8. The van der Waals surface area contributed by atoms with E-state index in [1.807, 2.05) is 12.1 Å². The van der Waals surface area contributed by atoms with E-state index in [0.29, 0.717) is 0 Å². The molecule has 0 fully saturated rings. The van der Waals surface area contributed by atoms with Gasteiger partial charge in [-0.15, -0.1) is 0 Å². The third kappa shape index (κ3) is 6.39. The highest BCUT2D eigenvalue weighted by Gasteiger charge is 2.08. The third-order valence-corrected chi connectivity index (χ3v) is 4.49. The van der Waals surface area contributed by atoms with E-state index in [2.05, 4.69) is 83.0 Å². The van der Waals surface area contributed by atoms with Gasteiger partial charge in [0, 0.05) is 32.2 Å². The number of carbonyl (C=O) groups is 1. The molecule has 0 saturated carbocycles. The van der Waals surface area contributed by atoms with Crippen LogP contribution >= 0.6 is 0 Å². The number of amides is 1. The number of carbonyl (C=O) groups excluding carboxylic acids is 1. The van der Waals surface area contributed by atoms with E-state index in [1.165, 1.54) is 23.6 Å². The van der Waals surface area contributed by atoms with Crippen LogP contribution < -0.4 is 5.32 Å². The first kappa shape index (κ1) is 18.9. The zero-order valence-corrected chi connectivity index (χ0v) is 15.8. The zero-order chi connectivity index (χ0) is 18.9. The summed E-state index contributed by atoms with van der Waals surface area (Å²) >= 11 is 0. The first-order valence-corrected chi connectivity index (χ1v) is 9.36. The average molecular weight is 358 g/mol. The second-order valence-electron chi connectivity index (χ2n) is 6.81. The summed E-state index contributed by atoms with van der Waals surface area (Å²) < 4.78 is 0. The molecule has 0 spiro atoms. The predicted molar refractivity (Wildman–Crippen MR) is 111 cm³/mol. The van der Waals surface area contributed by atoms with E-state index >= 15 is 0 Å². The van der Waals surface area contributed by atoms with Gasteiger partial charge >= 0.3 is 0 Å². The highest BCUT2D eigenvalue weighted by Crippen LogP contribution is 2.14. The molecular weight excluding hydrogens is 332 g/mol. The topological polar surface area (TPSA) is 32.3 Å². The molecule has 138 valence electrons. The van der Waals surface area contributed by atoms with Crippen molar-refractivity contribution in [3.8, 4) is 0 Å². The van der Waals surface area contributed by atoms with E-state index in [9.17, 15) is 4.79 Å². The second kappa shape index (κ2) is 9.70. The van der Waals surface area contributed by atoms with Crippen molar-refractivity contribution in [3.05, 3.63) is 102 Å². The summed E-state index contributed by atoms with van der Waals surface area (Å²) in [5.41, 5.74) is 4.77. The molecule has 1 amide bonds. The maximum atomic E-state index is 11.1. The number of nitrogens with one attached hydrogen (secondary N) is 1. The van der Waals surface area contributed by atoms with Crippen LogP contribution in [0.5, 0.6) is 0 Å². The molecule has 3 nitrogen and oxygen atoms in total. The fraction of sp³-hybridized carbons (Fsp3) is 0.208. The molecule has 0 aliphatic rings. The monoisotopic (exact) mass is 358 g/mol. The summed E-state index contributed by atoms with van der Waals surface area (Å²) in [7, 11) is 0. The van der Waals surface area contributed by atoms with E-state index in [1.54, 1.807) is 0 Å². The van der Waals surface area contributed by atoms with Crippen molar-refractivity contribution in [1.29, 1.82) is 0 Å². The molecule has 0 aliphatic carbocycles. The van der Waals surface area contributed by atoms with Gasteiger partial charge in [0.25, 0.3) is 0 Å². The lowest BCUT2D eigenvalue weighted by Gasteiger charge is -2.23. The maximum absolute atomic E-state index is 11.1. The fourth-order valence-corrected chi connectivity index (χ4v) is 3.14. The molecule has 3 aromatic carbocycles. The molecule has 3 rings (SSSR count). The van der Waals surface area contributed by atoms with Crippen LogP contribution in [0.2, 0.25) is 0 Å². The van der Waals surface area contributed by atoms with Crippen molar-refractivity contribution in [1.82, 2.24) is 4.90 Å². The van der Waals surface area contributed by atoms with Crippen molar-refractivity contribution in [2.45, 2.75) is 26.4 Å². The lowest BCUT2D eigenvalue weighted by molar-refractivity contribution is -0.114. The third-order valence-electron chi connectivity index (χ3n) is 4.49. The molecule has 0 radical (unpaired) electrons. The summed E-state index contributed by atoms with van der Waals surface area (Å²) in [5.74, 6) is -0.0420. The minimum atomic E-state index is -0.0420. The van der Waals surface area contributed by atoms with Gasteiger partial charge in [0.1, 0.15) is 0 Å². The summed E-state index contributed by atoms with van der Waals surface area (Å²) in [6, 6.07) is 29.3. The molecular formula is C24H26N2O. The minimum absolute atomic E-state index is 0.0420.